The van der Waals surface area contributed by atoms with E-state index < -0.39 is 0 Å². The molecule has 0 aliphatic carbocycles. The van der Waals surface area contributed by atoms with Crippen LogP contribution in [-0.2, 0) is 0 Å². The van der Waals surface area contributed by atoms with Gasteiger partial charge in [0.2, 0.25) is 0 Å². The number of hydrogen-bond acceptors (Lipinski definition) is 4. The zero-order valence-corrected chi connectivity index (χ0v) is 13.1. The number of fused-ring (bicyclic) bond motifs is 1. The normalized spacial score (nSPS) is 13.6. The Bertz CT molecular complexity index is 756. The summed E-state index contributed by atoms with van der Waals surface area (Å²) in [7, 11) is 0. The van der Waals surface area contributed by atoms with E-state index in [2.05, 4.69) is 4.99 Å². The number of benzene rings is 2. The third-order valence-electron chi connectivity index (χ3n) is 3.58. The van der Waals surface area contributed by atoms with Crippen molar-refractivity contribution in [3.63, 3.8) is 0 Å². The van der Waals surface area contributed by atoms with Crippen molar-refractivity contribution in [2.75, 3.05) is 13.2 Å². The minimum absolute atomic E-state index is 0.167. The van der Waals surface area contributed by atoms with Crippen molar-refractivity contribution in [3.05, 3.63) is 46.0 Å². The molecule has 1 heterocycles. The van der Waals surface area contributed by atoms with Crippen LogP contribution in [0.2, 0.25) is 5.02 Å². The third-order valence-corrected chi connectivity index (χ3v) is 4.16. The van der Waals surface area contributed by atoms with E-state index in [4.69, 9.17) is 21.1 Å². The van der Waals surface area contributed by atoms with Crippen LogP contribution in [0, 0.1) is 13.8 Å². The quantitative estimate of drug-likeness (QED) is 0.845. The van der Waals surface area contributed by atoms with E-state index in [0.29, 0.717) is 29.5 Å². The predicted molar refractivity (Wildman–Crippen MR) is 87.3 cm³/mol. The van der Waals surface area contributed by atoms with Gasteiger partial charge >= 0.3 is 0 Å². The van der Waals surface area contributed by atoms with E-state index in [1.165, 1.54) is 0 Å². The summed E-state index contributed by atoms with van der Waals surface area (Å²) in [5.74, 6) is 1.58. The third kappa shape index (κ3) is 2.74. The molecule has 0 atom stereocenters. The Morgan fingerprint density at radius 2 is 1.86 bits per heavy atom. The summed E-state index contributed by atoms with van der Waals surface area (Å²) in [6, 6.07) is 7.12. The predicted octanol–water partition coefficient (Wildman–Crippen LogP) is 4.18. The maximum Gasteiger partial charge on any atom is 0.163 e. The van der Waals surface area contributed by atoms with E-state index in [9.17, 15) is 5.11 Å². The molecule has 0 saturated carbocycles. The van der Waals surface area contributed by atoms with E-state index >= 15 is 0 Å². The minimum atomic E-state index is 0.167. The number of nitrogens with zero attached hydrogens (tertiary/aromatic N) is 1. The number of aliphatic imine (C=N–C) groups is 1. The Morgan fingerprint density at radius 1 is 1.14 bits per heavy atom. The maximum atomic E-state index is 10.1. The first-order chi connectivity index (χ1) is 10.6. The van der Waals surface area contributed by atoms with E-state index in [1.807, 2.05) is 32.0 Å². The lowest BCUT2D eigenvalue weighted by Crippen LogP contribution is -2.14. The van der Waals surface area contributed by atoms with Gasteiger partial charge in [-0.15, -0.1) is 0 Å². The summed E-state index contributed by atoms with van der Waals surface area (Å²) in [5, 5.41) is 10.7. The summed E-state index contributed by atoms with van der Waals surface area (Å²) in [6.07, 6.45) is 1.61. The molecule has 5 heteroatoms. The lowest BCUT2D eigenvalue weighted by molar-refractivity contribution is 0.171. The number of rotatable bonds is 2. The lowest BCUT2D eigenvalue weighted by atomic mass is 10.0. The van der Waals surface area contributed by atoms with Gasteiger partial charge < -0.3 is 14.6 Å². The average Bonchev–Trinajstić information content (AvgIpc) is 2.52. The van der Waals surface area contributed by atoms with Gasteiger partial charge in [0.25, 0.3) is 0 Å². The highest BCUT2D eigenvalue weighted by Crippen LogP contribution is 2.34. The molecule has 1 N–H and O–H groups in total. The van der Waals surface area contributed by atoms with Crippen molar-refractivity contribution in [1.29, 1.82) is 0 Å². The number of halogens is 1. The van der Waals surface area contributed by atoms with Gasteiger partial charge in [-0.05, 0) is 43.2 Å². The molecule has 0 spiro atoms. The minimum Gasteiger partial charge on any atom is -0.507 e. The lowest BCUT2D eigenvalue weighted by Gasteiger charge is -2.18. The molecule has 114 valence electrons. The van der Waals surface area contributed by atoms with Gasteiger partial charge in [0, 0.05) is 22.9 Å². The SMILES string of the molecule is Cc1cc(O)c(C=Nc2ccc3c(c2)OCCO3)c(C)c1Cl. The first-order valence-electron chi connectivity index (χ1n) is 6.98. The fourth-order valence-electron chi connectivity index (χ4n) is 2.37. The van der Waals surface area contributed by atoms with Crippen LogP contribution >= 0.6 is 11.6 Å². The molecule has 2 aromatic carbocycles. The molecule has 0 radical (unpaired) electrons. The molecular formula is C17H16ClNO3. The molecule has 0 amide bonds. The zero-order chi connectivity index (χ0) is 15.7. The highest BCUT2D eigenvalue weighted by atomic mass is 35.5. The number of aryl methyl sites for hydroxylation is 1. The summed E-state index contributed by atoms with van der Waals surface area (Å²) in [5.41, 5.74) is 2.99. The monoisotopic (exact) mass is 317 g/mol. The second kappa shape index (κ2) is 5.89. The molecule has 0 unspecified atom stereocenters. The summed E-state index contributed by atoms with van der Waals surface area (Å²) < 4.78 is 11.0. The Balaban J connectivity index is 1.93. The highest BCUT2D eigenvalue weighted by Gasteiger charge is 2.12. The smallest absolute Gasteiger partial charge is 0.163 e. The van der Waals surface area contributed by atoms with Crippen LogP contribution in [0.15, 0.2) is 29.3 Å². The second-order valence-electron chi connectivity index (χ2n) is 5.15. The first kappa shape index (κ1) is 14.7. The van der Waals surface area contributed by atoms with Gasteiger partial charge in [0.15, 0.2) is 11.5 Å². The molecular weight excluding hydrogens is 302 g/mol. The molecule has 0 aromatic heterocycles. The number of hydrogen-bond donors (Lipinski definition) is 1. The highest BCUT2D eigenvalue weighted by molar-refractivity contribution is 6.32. The largest absolute Gasteiger partial charge is 0.507 e. The summed E-state index contributed by atoms with van der Waals surface area (Å²) in [6.45, 7) is 4.81. The van der Waals surface area contributed by atoms with Crippen molar-refractivity contribution < 1.29 is 14.6 Å². The van der Waals surface area contributed by atoms with Crippen LogP contribution in [0.4, 0.5) is 5.69 Å². The van der Waals surface area contributed by atoms with E-state index in [1.54, 1.807) is 12.3 Å². The van der Waals surface area contributed by atoms with Crippen molar-refractivity contribution in [2.45, 2.75) is 13.8 Å². The fourth-order valence-corrected chi connectivity index (χ4v) is 2.52. The van der Waals surface area contributed by atoms with Crippen LogP contribution in [0.1, 0.15) is 16.7 Å². The van der Waals surface area contributed by atoms with Crippen LogP contribution < -0.4 is 9.47 Å². The number of phenols is 1. The van der Waals surface area contributed by atoms with Gasteiger partial charge in [-0.2, -0.15) is 0 Å². The molecule has 1 aliphatic rings. The maximum absolute atomic E-state index is 10.1. The fraction of sp³-hybridized carbons (Fsp3) is 0.235. The van der Waals surface area contributed by atoms with Gasteiger partial charge in [0.1, 0.15) is 19.0 Å². The van der Waals surface area contributed by atoms with Crippen molar-refractivity contribution in [2.24, 2.45) is 4.99 Å². The molecule has 0 saturated heterocycles. The van der Waals surface area contributed by atoms with Crippen LogP contribution in [0.3, 0.4) is 0 Å². The Morgan fingerprint density at radius 3 is 2.64 bits per heavy atom. The summed E-state index contributed by atoms with van der Waals surface area (Å²) in [4.78, 5) is 4.40. The van der Waals surface area contributed by atoms with Crippen LogP contribution in [-0.4, -0.2) is 24.5 Å². The second-order valence-corrected chi connectivity index (χ2v) is 5.53. The average molecular weight is 318 g/mol. The van der Waals surface area contributed by atoms with Crippen molar-refractivity contribution >= 4 is 23.5 Å². The molecule has 0 fully saturated rings. The van der Waals surface area contributed by atoms with Crippen LogP contribution in [0.5, 0.6) is 17.2 Å². The number of phenolic OH excluding ortho intramolecular Hbond substituents is 1. The summed E-state index contributed by atoms with van der Waals surface area (Å²) >= 11 is 6.22. The number of ether oxygens (including phenoxy) is 2. The topological polar surface area (TPSA) is 51.1 Å². The van der Waals surface area contributed by atoms with Gasteiger partial charge in [0.05, 0.1) is 5.69 Å². The van der Waals surface area contributed by atoms with Gasteiger partial charge in [-0.25, -0.2) is 0 Å². The molecule has 4 nitrogen and oxygen atoms in total. The Hall–Kier alpha value is -2.20. The van der Waals surface area contributed by atoms with E-state index in [0.717, 1.165) is 22.6 Å². The molecule has 3 rings (SSSR count). The van der Waals surface area contributed by atoms with Crippen molar-refractivity contribution in [3.8, 4) is 17.2 Å². The van der Waals surface area contributed by atoms with Crippen molar-refractivity contribution in [1.82, 2.24) is 0 Å². The van der Waals surface area contributed by atoms with Crippen LogP contribution in [0.25, 0.3) is 0 Å². The van der Waals surface area contributed by atoms with Gasteiger partial charge in [-0.3, -0.25) is 4.99 Å². The van der Waals surface area contributed by atoms with E-state index in [-0.39, 0.29) is 5.75 Å². The zero-order valence-electron chi connectivity index (χ0n) is 12.4. The molecule has 0 bridgehead atoms. The molecule has 1 aliphatic heterocycles. The number of aromatic hydroxyl groups is 1. The molecule has 22 heavy (non-hydrogen) atoms. The molecule has 2 aromatic rings. The Kier molecular flexibility index (Phi) is 3.94. The standard InChI is InChI=1S/C17H16ClNO3/c1-10-7-14(20)13(11(2)17(10)18)9-19-12-3-4-15-16(8-12)22-6-5-21-15/h3-4,7-9,20H,5-6H2,1-2H3. The Labute approximate surface area is 134 Å². The van der Waals surface area contributed by atoms with Gasteiger partial charge in [-0.1, -0.05) is 11.6 Å². The first-order valence-corrected chi connectivity index (χ1v) is 7.36.